The molecule has 0 amide bonds. The standard InChI is InChI=1S/C20H28N2/c1-19(2,3)13-7-9-15-17(11-13)22-18-12-14(20(4,5)6)8-10-16(18)21-15/h7-12,15,17,21-22H,1-6H3. The summed E-state index contributed by atoms with van der Waals surface area (Å²) in [5.41, 5.74) is 5.55. The van der Waals surface area contributed by atoms with E-state index in [1.165, 1.54) is 22.5 Å². The highest BCUT2D eigenvalue weighted by atomic mass is 15.1. The zero-order valence-electron chi connectivity index (χ0n) is 14.6. The quantitative estimate of drug-likeness (QED) is 0.696. The highest BCUT2D eigenvalue weighted by Gasteiger charge is 2.29. The Kier molecular flexibility index (Phi) is 3.39. The highest BCUT2D eigenvalue weighted by Crippen LogP contribution is 2.37. The summed E-state index contributed by atoms with van der Waals surface area (Å²) in [4.78, 5) is 0. The third-order valence-corrected chi connectivity index (χ3v) is 4.63. The summed E-state index contributed by atoms with van der Waals surface area (Å²) in [5, 5.41) is 7.38. The molecule has 2 aliphatic rings. The Labute approximate surface area is 134 Å². The van der Waals surface area contributed by atoms with Crippen LogP contribution in [-0.4, -0.2) is 12.1 Å². The molecule has 0 saturated heterocycles. The fourth-order valence-electron chi connectivity index (χ4n) is 3.06. The van der Waals surface area contributed by atoms with Crippen LogP contribution < -0.4 is 10.6 Å². The van der Waals surface area contributed by atoms with Crippen molar-refractivity contribution in [2.45, 2.75) is 59.0 Å². The lowest BCUT2D eigenvalue weighted by Crippen LogP contribution is -2.42. The molecule has 0 spiro atoms. The minimum Gasteiger partial charge on any atom is -0.375 e. The number of benzene rings is 1. The van der Waals surface area contributed by atoms with E-state index in [4.69, 9.17) is 0 Å². The zero-order valence-corrected chi connectivity index (χ0v) is 14.6. The number of hydrogen-bond donors (Lipinski definition) is 2. The van der Waals surface area contributed by atoms with Crippen LogP contribution >= 0.6 is 0 Å². The molecule has 1 aromatic carbocycles. The van der Waals surface area contributed by atoms with Crippen LogP contribution in [0.5, 0.6) is 0 Å². The third-order valence-electron chi connectivity index (χ3n) is 4.63. The average Bonchev–Trinajstić information content (AvgIpc) is 2.41. The van der Waals surface area contributed by atoms with E-state index in [1.54, 1.807) is 0 Å². The molecular formula is C20H28N2. The summed E-state index contributed by atoms with van der Waals surface area (Å²) in [5.74, 6) is 0. The Morgan fingerprint density at radius 2 is 1.50 bits per heavy atom. The van der Waals surface area contributed by atoms with Crippen molar-refractivity contribution < 1.29 is 0 Å². The van der Waals surface area contributed by atoms with Gasteiger partial charge in [-0.3, -0.25) is 0 Å². The SMILES string of the molecule is CC(C)(C)C1=CC2Nc3cc(C(C)(C)C)ccc3NC2C=C1. The predicted molar refractivity (Wildman–Crippen MR) is 96.6 cm³/mol. The molecule has 22 heavy (non-hydrogen) atoms. The molecule has 2 nitrogen and oxygen atoms in total. The van der Waals surface area contributed by atoms with Gasteiger partial charge in [0.25, 0.3) is 0 Å². The maximum atomic E-state index is 3.72. The van der Waals surface area contributed by atoms with Gasteiger partial charge in [-0.15, -0.1) is 0 Å². The molecule has 2 unspecified atom stereocenters. The number of allylic oxidation sites excluding steroid dienone is 2. The van der Waals surface area contributed by atoms with E-state index in [-0.39, 0.29) is 10.8 Å². The largest absolute Gasteiger partial charge is 0.375 e. The summed E-state index contributed by atoms with van der Waals surface area (Å²) in [6, 6.07) is 7.38. The van der Waals surface area contributed by atoms with Gasteiger partial charge in [0.2, 0.25) is 0 Å². The highest BCUT2D eigenvalue weighted by molar-refractivity contribution is 5.74. The minimum atomic E-state index is 0.173. The second-order valence-corrected chi connectivity index (χ2v) is 8.58. The van der Waals surface area contributed by atoms with Gasteiger partial charge in [0.1, 0.15) is 0 Å². The van der Waals surface area contributed by atoms with Crippen molar-refractivity contribution >= 4 is 11.4 Å². The topological polar surface area (TPSA) is 24.1 Å². The molecule has 0 fully saturated rings. The number of nitrogens with one attached hydrogen (secondary N) is 2. The molecule has 118 valence electrons. The Hall–Kier alpha value is -1.70. The third kappa shape index (κ3) is 2.79. The fourth-order valence-corrected chi connectivity index (χ4v) is 3.06. The van der Waals surface area contributed by atoms with Crippen LogP contribution in [0.25, 0.3) is 0 Å². The Morgan fingerprint density at radius 3 is 2.14 bits per heavy atom. The molecule has 1 aliphatic carbocycles. The first-order valence-electron chi connectivity index (χ1n) is 8.23. The fraction of sp³-hybridized carbons (Fsp3) is 0.500. The van der Waals surface area contributed by atoms with E-state index in [0.717, 1.165) is 0 Å². The van der Waals surface area contributed by atoms with E-state index in [1.807, 2.05) is 0 Å². The van der Waals surface area contributed by atoms with Gasteiger partial charge in [-0.1, -0.05) is 65.8 Å². The van der Waals surface area contributed by atoms with Crippen LogP contribution in [0.3, 0.4) is 0 Å². The molecule has 3 rings (SSSR count). The van der Waals surface area contributed by atoms with Gasteiger partial charge in [0, 0.05) is 0 Å². The lowest BCUT2D eigenvalue weighted by Gasteiger charge is -2.38. The first-order valence-corrected chi connectivity index (χ1v) is 8.23. The summed E-state index contributed by atoms with van der Waals surface area (Å²) in [6.45, 7) is 13.6. The maximum Gasteiger partial charge on any atom is 0.0688 e. The van der Waals surface area contributed by atoms with E-state index < -0.39 is 0 Å². The van der Waals surface area contributed by atoms with Crippen LogP contribution in [-0.2, 0) is 5.41 Å². The summed E-state index contributed by atoms with van der Waals surface area (Å²) in [6.07, 6.45) is 6.94. The van der Waals surface area contributed by atoms with Gasteiger partial charge in [-0.05, 0) is 34.1 Å². The predicted octanol–water partition coefficient (Wildman–Crippen LogP) is 5.10. The molecule has 2 heteroatoms. The molecule has 1 aliphatic heterocycles. The molecule has 0 radical (unpaired) electrons. The number of fused-ring (bicyclic) bond motifs is 2. The molecule has 0 aromatic heterocycles. The van der Waals surface area contributed by atoms with Crippen molar-refractivity contribution in [3.05, 3.63) is 47.6 Å². The van der Waals surface area contributed by atoms with Crippen LogP contribution in [0.15, 0.2) is 42.0 Å². The lowest BCUT2D eigenvalue weighted by atomic mass is 9.80. The molecule has 2 atom stereocenters. The molecule has 2 N–H and O–H groups in total. The van der Waals surface area contributed by atoms with E-state index in [2.05, 4.69) is 88.6 Å². The Balaban J connectivity index is 1.93. The maximum absolute atomic E-state index is 3.72. The van der Waals surface area contributed by atoms with Crippen molar-refractivity contribution in [2.75, 3.05) is 10.6 Å². The van der Waals surface area contributed by atoms with Gasteiger partial charge < -0.3 is 10.6 Å². The molecule has 0 saturated carbocycles. The van der Waals surface area contributed by atoms with Gasteiger partial charge >= 0.3 is 0 Å². The van der Waals surface area contributed by atoms with Gasteiger partial charge in [-0.25, -0.2) is 0 Å². The van der Waals surface area contributed by atoms with Crippen LogP contribution in [0.1, 0.15) is 47.1 Å². The number of hydrogen-bond acceptors (Lipinski definition) is 2. The van der Waals surface area contributed by atoms with Gasteiger partial charge in [0.15, 0.2) is 0 Å². The van der Waals surface area contributed by atoms with Crippen molar-refractivity contribution in [3.63, 3.8) is 0 Å². The van der Waals surface area contributed by atoms with E-state index in [0.29, 0.717) is 12.1 Å². The monoisotopic (exact) mass is 296 g/mol. The number of rotatable bonds is 0. The first-order chi connectivity index (χ1) is 10.1. The normalized spacial score (nSPS) is 23.8. The second-order valence-electron chi connectivity index (χ2n) is 8.58. The first kappa shape index (κ1) is 15.2. The van der Waals surface area contributed by atoms with Crippen molar-refractivity contribution in [3.8, 4) is 0 Å². The second kappa shape index (κ2) is 4.91. The summed E-state index contributed by atoms with van der Waals surface area (Å²) >= 11 is 0. The summed E-state index contributed by atoms with van der Waals surface area (Å²) < 4.78 is 0. The van der Waals surface area contributed by atoms with Crippen LogP contribution in [0.2, 0.25) is 0 Å². The van der Waals surface area contributed by atoms with E-state index in [9.17, 15) is 0 Å². The van der Waals surface area contributed by atoms with Crippen LogP contribution in [0, 0.1) is 5.41 Å². The van der Waals surface area contributed by atoms with Gasteiger partial charge in [0.05, 0.1) is 23.5 Å². The Morgan fingerprint density at radius 1 is 0.818 bits per heavy atom. The minimum absolute atomic E-state index is 0.173. The van der Waals surface area contributed by atoms with Crippen molar-refractivity contribution in [1.82, 2.24) is 0 Å². The number of anilines is 2. The van der Waals surface area contributed by atoms with E-state index >= 15 is 0 Å². The summed E-state index contributed by atoms with van der Waals surface area (Å²) in [7, 11) is 0. The Bertz CT molecular complexity index is 639. The lowest BCUT2D eigenvalue weighted by molar-refractivity contribution is 0.508. The molecular weight excluding hydrogens is 268 g/mol. The average molecular weight is 296 g/mol. The smallest absolute Gasteiger partial charge is 0.0688 e. The zero-order chi connectivity index (χ0) is 16.1. The van der Waals surface area contributed by atoms with Crippen molar-refractivity contribution in [2.24, 2.45) is 5.41 Å². The van der Waals surface area contributed by atoms with Crippen LogP contribution in [0.4, 0.5) is 11.4 Å². The molecule has 0 bridgehead atoms. The molecule has 1 aromatic rings. The molecule has 1 heterocycles. The van der Waals surface area contributed by atoms with Crippen molar-refractivity contribution in [1.29, 1.82) is 0 Å². The van der Waals surface area contributed by atoms with Gasteiger partial charge in [-0.2, -0.15) is 0 Å².